The van der Waals surface area contributed by atoms with Gasteiger partial charge in [-0.2, -0.15) is 4.98 Å². The van der Waals surface area contributed by atoms with Crippen LogP contribution in [0.2, 0.25) is 0 Å². The minimum absolute atomic E-state index is 0.157. The molecule has 1 aliphatic rings. The molecule has 0 spiro atoms. The average Bonchev–Trinajstić information content (AvgIpc) is 3.10. The number of aliphatic hydroxyl groups is 1. The summed E-state index contributed by atoms with van der Waals surface area (Å²) in [4.78, 5) is 6.65. The second kappa shape index (κ2) is 6.58. The van der Waals surface area contributed by atoms with Gasteiger partial charge >= 0.3 is 0 Å². The Hall–Kier alpha value is -1.72. The minimum atomic E-state index is -0.157. The maximum absolute atomic E-state index is 9.91. The second-order valence-corrected chi connectivity index (χ2v) is 6.29. The molecule has 0 bridgehead atoms. The highest BCUT2D eigenvalue weighted by Crippen LogP contribution is 2.26. The largest absolute Gasteiger partial charge is 0.393 e. The summed E-state index contributed by atoms with van der Waals surface area (Å²) in [5.41, 5.74) is 2.11. The Kier molecular flexibility index (Phi) is 4.55. The Balaban J connectivity index is 1.63. The van der Waals surface area contributed by atoms with E-state index in [1.165, 1.54) is 0 Å². The molecule has 0 saturated heterocycles. The molecular weight excluding hydrogens is 278 g/mol. The third-order valence-electron chi connectivity index (χ3n) is 4.42. The van der Waals surface area contributed by atoms with E-state index in [1.54, 1.807) is 0 Å². The van der Waals surface area contributed by atoms with E-state index in [4.69, 9.17) is 4.52 Å². The molecule has 1 saturated carbocycles. The first-order chi connectivity index (χ1) is 10.6. The van der Waals surface area contributed by atoms with Gasteiger partial charge in [0, 0.05) is 12.1 Å². The van der Waals surface area contributed by atoms with Crippen molar-refractivity contribution in [3.8, 4) is 11.5 Å². The van der Waals surface area contributed by atoms with Crippen LogP contribution in [0.4, 0.5) is 0 Å². The number of hydrogen-bond donors (Lipinski definition) is 1. The first-order valence-corrected chi connectivity index (χ1v) is 7.88. The highest BCUT2D eigenvalue weighted by molar-refractivity contribution is 5.57. The lowest BCUT2D eigenvalue weighted by atomic mass is 10.1. The number of hydrogen-bond acceptors (Lipinski definition) is 5. The van der Waals surface area contributed by atoms with E-state index in [-0.39, 0.29) is 6.10 Å². The highest BCUT2D eigenvalue weighted by Gasteiger charge is 2.26. The zero-order valence-corrected chi connectivity index (χ0v) is 13.2. The lowest BCUT2D eigenvalue weighted by Gasteiger charge is -2.21. The smallest absolute Gasteiger partial charge is 0.258 e. The Bertz CT molecular complexity index is 626. The molecule has 1 aliphatic carbocycles. The molecule has 1 fully saturated rings. The summed E-state index contributed by atoms with van der Waals surface area (Å²) in [5.74, 6) is 1.63. The van der Waals surface area contributed by atoms with E-state index in [2.05, 4.69) is 15.0 Å². The van der Waals surface area contributed by atoms with Gasteiger partial charge in [0.25, 0.3) is 5.89 Å². The van der Waals surface area contributed by atoms with Crippen LogP contribution in [0.3, 0.4) is 0 Å². The first kappa shape index (κ1) is 15.2. The van der Waals surface area contributed by atoms with Crippen molar-refractivity contribution in [2.45, 2.75) is 38.8 Å². The molecule has 2 unspecified atom stereocenters. The van der Waals surface area contributed by atoms with E-state index in [9.17, 15) is 5.11 Å². The molecule has 1 aromatic heterocycles. The maximum atomic E-state index is 9.91. The van der Waals surface area contributed by atoms with Crippen LogP contribution in [0.5, 0.6) is 0 Å². The third kappa shape index (κ3) is 3.36. The van der Waals surface area contributed by atoms with Crippen LogP contribution < -0.4 is 0 Å². The summed E-state index contributed by atoms with van der Waals surface area (Å²) in [6.07, 6.45) is 3.00. The van der Waals surface area contributed by atoms with Gasteiger partial charge in [-0.25, -0.2) is 0 Å². The molecule has 0 radical (unpaired) electrons. The minimum Gasteiger partial charge on any atom is -0.393 e. The quantitative estimate of drug-likeness (QED) is 0.920. The molecule has 22 heavy (non-hydrogen) atoms. The molecule has 3 rings (SSSR count). The number of nitrogens with zero attached hydrogens (tertiary/aromatic N) is 3. The molecule has 2 aromatic rings. The van der Waals surface area contributed by atoms with Crippen molar-refractivity contribution in [3.05, 3.63) is 35.7 Å². The number of aryl methyl sites for hydroxylation is 1. The molecule has 1 N–H and O–H groups in total. The summed E-state index contributed by atoms with van der Waals surface area (Å²) in [5, 5.41) is 14.0. The van der Waals surface area contributed by atoms with E-state index in [0.717, 1.165) is 36.9 Å². The van der Waals surface area contributed by atoms with E-state index >= 15 is 0 Å². The summed E-state index contributed by atoms with van der Waals surface area (Å²) in [6, 6.07) is 7.99. The number of aromatic nitrogens is 2. The van der Waals surface area contributed by atoms with Crippen molar-refractivity contribution < 1.29 is 9.63 Å². The summed E-state index contributed by atoms with van der Waals surface area (Å²) in [6.45, 7) is 3.54. The fourth-order valence-corrected chi connectivity index (χ4v) is 3.18. The van der Waals surface area contributed by atoms with Crippen LogP contribution in [0, 0.1) is 12.8 Å². The van der Waals surface area contributed by atoms with Crippen LogP contribution in [-0.4, -0.2) is 39.8 Å². The van der Waals surface area contributed by atoms with Gasteiger partial charge in [-0.05, 0) is 44.4 Å². The zero-order valence-electron chi connectivity index (χ0n) is 13.2. The number of aliphatic hydroxyl groups excluding tert-OH is 1. The van der Waals surface area contributed by atoms with Crippen LogP contribution in [0.15, 0.2) is 28.8 Å². The topological polar surface area (TPSA) is 62.4 Å². The van der Waals surface area contributed by atoms with E-state index < -0.39 is 0 Å². The predicted molar refractivity (Wildman–Crippen MR) is 84.2 cm³/mol. The summed E-state index contributed by atoms with van der Waals surface area (Å²) < 4.78 is 5.39. The predicted octanol–water partition coefficient (Wildman–Crippen LogP) is 2.64. The molecule has 0 amide bonds. The van der Waals surface area contributed by atoms with Gasteiger partial charge in [0.15, 0.2) is 5.82 Å². The van der Waals surface area contributed by atoms with Crippen LogP contribution in [0.25, 0.3) is 11.5 Å². The molecule has 0 aliphatic heterocycles. The summed E-state index contributed by atoms with van der Waals surface area (Å²) in [7, 11) is 2.04. The van der Waals surface area contributed by atoms with Crippen molar-refractivity contribution >= 4 is 0 Å². The lowest BCUT2D eigenvalue weighted by Crippen LogP contribution is -2.29. The molecule has 2 atom stereocenters. The SMILES string of the molecule is Cc1ccccc1-c1nc(CN(C)CC2CCCC2O)no1. The third-order valence-corrected chi connectivity index (χ3v) is 4.42. The van der Waals surface area contributed by atoms with Crippen LogP contribution in [-0.2, 0) is 6.54 Å². The van der Waals surface area contributed by atoms with Crippen molar-refractivity contribution in [2.24, 2.45) is 5.92 Å². The van der Waals surface area contributed by atoms with Crippen molar-refractivity contribution in [1.29, 1.82) is 0 Å². The molecule has 5 heteroatoms. The molecule has 1 heterocycles. The Morgan fingerprint density at radius 3 is 2.86 bits per heavy atom. The molecule has 5 nitrogen and oxygen atoms in total. The molecular formula is C17H23N3O2. The summed E-state index contributed by atoms with van der Waals surface area (Å²) >= 11 is 0. The number of rotatable bonds is 5. The van der Waals surface area contributed by atoms with E-state index in [1.807, 2.05) is 38.2 Å². The standard InChI is InChI=1S/C17H23N3O2/c1-12-6-3-4-8-14(12)17-18-16(19-22-17)11-20(2)10-13-7-5-9-15(13)21/h3-4,6,8,13,15,21H,5,7,9-11H2,1-2H3. The Morgan fingerprint density at radius 1 is 1.32 bits per heavy atom. The van der Waals surface area contributed by atoms with E-state index in [0.29, 0.717) is 24.2 Å². The van der Waals surface area contributed by atoms with Crippen molar-refractivity contribution in [3.63, 3.8) is 0 Å². The molecule has 118 valence electrons. The number of benzene rings is 1. The fourth-order valence-electron chi connectivity index (χ4n) is 3.18. The Morgan fingerprint density at radius 2 is 2.14 bits per heavy atom. The fraction of sp³-hybridized carbons (Fsp3) is 0.529. The lowest BCUT2D eigenvalue weighted by molar-refractivity contribution is 0.107. The van der Waals surface area contributed by atoms with Gasteiger partial charge in [-0.15, -0.1) is 0 Å². The van der Waals surface area contributed by atoms with Gasteiger partial charge < -0.3 is 9.63 Å². The highest BCUT2D eigenvalue weighted by atomic mass is 16.5. The van der Waals surface area contributed by atoms with Crippen molar-refractivity contribution in [1.82, 2.24) is 15.0 Å². The Labute approximate surface area is 131 Å². The normalized spacial score (nSPS) is 21.6. The monoisotopic (exact) mass is 301 g/mol. The van der Waals surface area contributed by atoms with Gasteiger partial charge in [0.2, 0.25) is 0 Å². The first-order valence-electron chi connectivity index (χ1n) is 7.88. The average molecular weight is 301 g/mol. The van der Waals surface area contributed by atoms with Gasteiger partial charge in [-0.1, -0.05) is 29.8 Å². The van der Waals surface area contributed by atoms with Crippen LogP contribution >= 0.6 is 0 Å². The molecule has 1 aromatic carbocycles. The zero-order chi connectivity index (χ0) is 15.5. The van der Waals surface area contributed by atoms with Gasteiger partial charge in [0.1, 0.15) is 0 Å². The van der Waals surface area contributed by atoms with Crippen LogP contribution in [0.1, 0.15) is 30.7 Å². The van der Waals surface area contributed by atoms with Gasteiger partial charge in [-0.3, -0.25) is 4.90 Å². The van der Waals surface area contributed by atoms with Gasteiger partial charge in [0.05, 0.1) is 12.6 Å². The second-order valence-electron chi connectivity index (χ2n) is 6.29. The van der Waals surface area contributed by atoms with Crippen molar-refractivity contribution in [2.75, 3.05) is 13.6 Å². The maximum Gasteiger partial charge on any atom is 0.258 e.